The van der Waals surface area contributed by atoms with Crippen LogP contribution in [0.5, 0.6) is 0 Å². The summed E-state index contributed by atoms with van der Waals surface area (Å²) in [6.07, 6.45) is 4.64. The molecule has 4 atom stereocenters. The van der Waals surface area contributed by atoms with Gasteiger partial charge in [-0.2, -0.15) is 0 Å². The molecule has 1 amide bonds. The molecule has 0 aromatic heterocycles. The zero-order valence-electron chi connectivity index (χ0n) is 24.0. The van der Waals surface area contributed by atoms with Gasteiger partial charge in [-0.15, -0.1) is 0 Å². The number of para-hydroxylation sites is 1. The van der Waals surface area contributed by atoms with Gasteiger partial charge in [0.05, 0.1) is 12.0 Å². The average molecular weight is 571 g/mol. The monoisotopic (exact) mass is 570 g/mol. The van der Waals surface area contributed by atoms with Crippen molar-refractivity contribution in [3.8, 4) is 0 Å². The molecule has 0 saturated carbocycles. The highest BCUT2D eigenvalue weighted by Gasteiger charge is 2.70. The molecule has 0 aliphatic carbocycles. The minimum Gasteiger partial charge on any atom is -0.358 e. The van der Waals surface area contributed by atoms with Gasteiger partial charge in [0, 0.05) is 23.0 Å². The number of carbonyl (C=O) groups excluding carboxylic acids is 3. The number of Topliss-reactive ketones (excluding diaryl/α,β-unsaturated/α-hetero) is 2. The number of ketones is 2. The van der Waals surface area contributed by atoms with E-state index in [1.807, 2.05) is 90.0 Å². The van der Waals surface area contributed by atoms with Crippen molar-refractivity contribution in [2.45, 2.75) is 37.8 Å². The van der Waals surface area contributed by atoms with Crippen molar-refractivity contribution < 1.29 is 18.8 Å². The summed E-state index contributed by atoms with van der Waals surface area (Å²) in [4.78, 5) is 45.8. The average Bonchev–Trinajstić information content (AvgIpc) is 3.49. The summed E-state index contributed by atoms with van der Waals surface area (Å²) < 4.78 is 13.9. The molecule has 214 valence electrons. The molecule has 4 aromatic carbocycles. The van der Waals surface area contributed by atoms with Crippen molar-refractivity contribution in [3.05, 3.63) is 142 Å². The highest BCUT2D eigenvalue weighted by Crippen LogP contribution is 2.62. The van der Waals surface area contributed by atoms with E-state index < -0.39 is 29.2 Å². The SMILES string of the molecule is CC(C)Cc1ccc(C(=O)[C@@H]2[C@H](C(=O)c3ccc(F)cc3)N3C=Cc4ccccc4[C@@H]3[C@]23C(=O)Nc2ccccc23)cc1. The quantitative estimate of drug-likeness (QED) is 0.254. The predicted octanol–water partition coefficient (Wildman–Crippen LogP) is 7.01. The number of anilines is 1. The molecule has 7 rings (SSSR count). The molecule has 3 aliphatic heterocycles. The van der Waals surface area contributed by atoms with Gasteiger partial charge in [0.2, 0.25) is 5.91 Å². The molecule has 0 radical (unpaired) electrons. The van der Waals surface area contributed by atoms with Gasteiger partial charge >= 0.3 is 0 Å². The van der Waals surface area contributed by atoms with E-state index in [1.165, 1.54) is 24.3 Å². The Bertz CT molecular complexity index is 1790. The Kier molecular flexibility index (Phi) is 6.38. The highest BCUT2D eigenvalue weighted by molar-refractivity contribution is 6.16. The lowest BCUT2D eigenvalue weighted by atomic mass is 9.62. The van der Waals surface area contributed by atoms with Crippen molar-refractivity contribution >= 4 is 29.2 Å². The molecule has 1 saturated heterocycles. The maximum atomic E-state index is 14.9. The number of hydrogen-bond acceptors (Lipinski definition) is 4. The maximum Gasteiger partial charge on any atom is 0.238 e. The number of rotatable bonds is 6. The molecular formula is C37H31FN2O3. The molecule has 1 spiro atoms. The lowest BCUT2D eigenvalue weighted by molar-refractivity contribution is -0.122. The minimum atomic E-state index is -1.40. The van der Waals surface area contributed by atoms with Gasteiger partial charge in [0.15, 0.2) is 11.6 Å². The van der Waals surface area contributed by atoms with Crippen molar-refractivity contribution in [3.63, 3.8) is 0 Å². The van der Waals surface area contributed by atoms with Gasteiger partial charge in [0.25, 0.3) is 0 Å². The largest absolute Gasteiger partial charge is 0.358 e. The Morgan fingerprint density at radius 3 is 2.26 bits per heavy atom. The second kappa shape index (κ2) is 10.2. The Hall–Kier alpha value is -4.84. The van der Waals surface area contributed by atoms with E-state index in [4.69, 9.17) is 0 Å². The van der Waals surface area contributed by atoms with E-state index in [1.54, 1.807) is 0 Å². The normalized spacial score (nSPS) is 23.2. The van der Waals surface area contributed by atoms with Crippen molar-refractivity contribution in [1.82, 2.24) is 4.90 Å². The van der Waals surface area contributed by atoms with Crippen LogP contribution in [0.25, 0.3) is 6.08 Å². The topological polar surface area (TPSA) is 66.5 Å². The molecule has 1 fully saturated rings. The first-order valence-corrected chi connectivity index (χ1v) is 14.7. The molecule has 0 unspecified atom stereocenters. The number of amides is 1. The number of fused-ring (bicyclic) bond motifs is 6. The van der Waals surface area contributed by atoms with Gasteiger partial charge in [-0.3, -0.25) is 14.4 Å². The number of carbonyl (C=O) groups is 3. The van der Waals surface area contributed by atoms with Crippen molar-refractivity contribution in [1.29, 1.82) is 0 Å². The van der Waals surface area contributed by atoms with Gasteiger partial charge in [0.1, 0.15) is 17.3 Å². The van der Waals surface area contributed by atoms with E-state index in [0.29, 0.717) is 22.7 Å². The van der Waals surface area contributed by atoms with Crippen LogP contribution >= 0.6 is 0 Å². The third-order valence-electron chi connectivity index (χ3n) is 9.13. The Labute approximate surface area is 250 Å². The molecule has 3 heterocycles. The number of hydrogen-bond donors (Lipinski definition) is 1. The first-order valence-electron chi connectivity index (χ1n) is 14.7. The molecule has 6 heteroatoms. The number of nitrogens with one attached hydrogen (secondary N) is 1. The summed E-state index contributed by atoms with van der Waals surface area (Å²) in [5.74, 6) is -1.98. The van der Waals surface area contributed by atoms with Crippen molar-refractivity contribution in [2.24, 2.45) is 11.8 Å². The van der Waals surface area contributed by atoms with Crippen LogP contribution in [0.15, 0.2) is 103 Å². The molecule has 1 N–H and O–H groups in total. The van der Waals surface area contributed by atoms with E-state index in [9.17, 15) is 18.8 Å². The number of nitrogens with zero attached hydrogens (tertiary/aromatic N) is 1. The fourth-order valence-corrected chi connectivity index (χ4v) is 7.41. The lowest BCUT2D eigenvalue weighted by Gasteiger charge is -2.38. The highest BCUT2D eigenvalue weighted by atomic mass is 19.1. The standard InChI is InChI=1S/C37H31FN2O3/c1-22(2)21-23-11-13-25(14-12-23)33(41)31-32(34(42)26-15-17-27(38)18-16-26)40-20-19-24-7-3-4-8-28(24)35(40)37(31)29-9-5-6-10-30(29)39-36(37)43/h3-20,22,31-32,35H,21H2,1-2H3,(H,39,43)/t31-,32+,35+,37+/m0/s1. The lowest BCUT2D eigenvalue weighted by Crippen LogP contribution is -2.49. The number of benzene rings is 4. The smallest absolute Gasteiger partial charge is 0.238 e. The first kappa shape index (κ1) is 27.0. The third-order valence-corrected chi connectivity index (χ3v) is 9.13. The predicted molar refractivity (Wildman–Crippen MR) is 164 cm³/mol. The third kappa shape index (κ3) is 4.08. The Morgan fingerprint density at radius 1 is 0.860 bits per heavy atom. The van der Waals surface area contributed by atoms with Gasteiger partial charge in [-0.05, 0) is 71.0 Å². The molecule has 0 bridgehead atoms. The molecular weight excluding hydrogens is 539 g/mol. The zero-order chi connectivity index (χ0) is 29.9. The zero-order valence-corrected chi connectivity index (χ0v) is 24.0. The number of halogens is 1. The fourth-order valence-electron chi connectivity index (χ4n) is 7.41. The van der Waals surface area contributed by atoms with Crippen molar-refractivity contribution in [2.75, 3.05) is 5.32 Å². The van der Waals surface area contributed by atoms with Crippen LogP contribution in [-0.2, 0) is 16.6 Å². The van der Waals surface area contributed by atoms with Crippen LogP contribution in [0, 0.1) is 17.7 Å². The minimum absolute atomic E-state index is 0.274. The maximum absolute atomic E-state index is 14.9. The van der Waals surface area contributed by atoms with Crippen LogP contribution in [0.2, 0.25) is 0 Å². The van der Waals surface area contributed by atoms with E-state index in [-0.39, 0.29) is 23.0 Å². The summed E-state index contributed by atoms with van der Waals surface area (Å²) in [6.45, 7) is 4.29. The fraction of sp³-hybridized carbons (Fsp3) is 0.216. The summed E-state index contributed by atoms with van der Waals surface area (Å²) in [7, 11) is 0. The second-order valence-electron chi connectivity index (χ2n) is 12.1. The Balaban J connectivity index is 1.48. The van der Waals surface area contributed by atoms with E-state index in [2.05, 4.69) is 19.2 Å². The molecule has 5 nitrogen and oxygen atoms in total. The van der Waals surface area contributed by atoms with Gasteiger partial charge in [-0.1, -0.05) is 80.6 Å². The van der Waals surface area contributed by atoms with Crippen LogP contribution in [0.3, 0.4) is 0 Å². The van der Waals surface area contributed by atoms with E-state index in [0.717, 1.165) is 23.1 Å². The van der Waals surface area contributed by atoms with Gasteiger partial charge in [-0.25, -0.2) is 4.39 Å². The van der Waals surface area contributed by atoms with Crippen LogP contribution < -0.4 is 5.32 Å². The van der Waals surface area contributed by atoms with Crippen LogP contribution in [0.1, 0.15) is 62.9 Å². The first-order chi connectivity index (χ1) is 20.8. The van der Waals surface area contributed by atoms with Gasteiger partial charge < -0.3 is 10.2 Å². The summed E-state index contributed by atoms with van der Waals surface area (Å²) >= 11 is 0. The molecule has 3 aliphatic rings. The van der Waals surface area contributed by atoms with E-state index >= 15 is 0 Å². The van der Waals surface area contributed by atoms with Crippen LogP contribution in [0.4, 0.5) is 10.1 Å². The Morgan fingerprint density at radius 2 is 1.51 bits per heavy atom. The second-order valence-corrected chi connectivity index (χ2v) is 12.1. The molecule has 4 aromatic rings. The summed E-state index contributed by atoms with van der Waals surface area (Å²) in [6, 6.07) is 26.6. The van der Waals surface area contributed by atoms with Crippen LogP contribution in [-0.4, -0.2) is 28.4 Å². The molecule has 43 heavy (non-hydrogen) atoms. The summed E-state index contributed by atoms with van der Waals surface area (Å²) in [5, 5.41) is 3.06. The summed E-state index contributed by atoms with van der Waals surface area (Å²) in [5.41, 5.74) is 3.59.